The molecule has 0 saturated heterocycles. The first-order chi connectivity index (χ1) is 8.99. The van der Waals surface area contributed by atoms with Crippen LogP contribution in [-0.4, -0.2) is 50.6 Å². The van der Waals surface area contributed by atoms with Crippen LogP contribution in [0.25, 0.3) is 0 Å². The van der Waals surface area contributed by atoms with Gasteiger partial charge in [-0.25, -0.2) is 9.59 Å². The number of hydrogen-bond acceptors (Lipinski definition) is 5. The lowest BCUT2D eigenvalue weighted by Crippen LogP contribution is -2.48. The number of aliphatic carboxylic acids is 1. The zero-order valence-electron chi connectivity index (χ0n) is 9.94. The number of hydrogen-bond donors (Lipinski definition) is 4. The van der Waals surface area contributed by atoms with Crippen molar-refractivity contribution in [1.29, 1.82) is 0 Å². The molecule has 1 rings (SSSR count). The normalized spacial score (nSPS) is 11.6. The Morgan fingerprint density at radius 2 is 2.16 bits per heavy atom. The van der Waals surface area contributed by atoms with Crippen molar-refractivity contribution in [3.63, 3.8) is 0 Å². The van der Waals surface area contributed by atoms with Crippen molar-refractivity contribution in [3.8, 4) is 0 Å². The highest BCUT2D eigenvalue weighted by molar-refractivity contribution is 5.87. The smallest absolute Gasteiger partial charge is 0.326 e. The van der Waals surface area contributed by atoms with Gasteiger partial charge in [0.25, 0.3) is 0 Å². The molecule has 10 nitrogen and oxygen atoms in total. The van der Waals surface area contributed by atoms with Crippen LogP contribution in [0.5, 0.6) is 0 Å². The molecule has 0 fully saturated rings. The average molecular weight is 270 g/mol. The van der Waals surface area contributed by atoms with Gasteiger partial charge in [0.05, 0.1) is 19.2 Å². The quantitative estimate of drug-likeness (QED) is 0.445. The van der Waals surface area contributed by atoms with Gasteiger partial charge in [0.1, 0.15) is 6.04 Å². The van der Waals surface area contributed by atoms with E-state index in [1.165, 1.54) is 10.9 Å². The van der Waals surface area contributed by atoms with Gasteiger partial charge in [-0.1, -0.05) is 5.21 Å². The molecule has 1 aromatic heterocycles. The number of nitrogens with one attached hydrogen (secondary N) is 2. The topological polar surface area (TPSA) is 152 Å². The molecule has 3 amide bonds. The summed E-state index contributed by atoms with van der Waals surface area (Å²) in [6.07, 6.45) is 2.64. The molecule has 19 heavy (non-hydrogen) atoms. The van der Waals surface area contributed by atoms with Crippen LogP contribution in [0.15, 0.2) is 12.4 Å². The fourth-order valence-electron chi connectivity index (χ4n) is 1.25. The molecular formula is C9H14N6O4. The maximum atomic E-state index is 11.4. The molecule has 0 spiro atoms. The second-order valence-corrected chi connectivity index (χ2v) is 3.63. The average Bonchev–Trinajstić information content (AvgIpc) is 2.80. The van der Waals surface area contributed by atoms with Gasteiger partial charge < -0.3 is 21.5 Å². The summed E-state index contributed by atoms with van der Waals surface area (Å²) in [5, 5.41) is 20.6. The van der Waals surface area contributed by atoms with Crippen molar-refractivity contribution in [3.05, 3.63) is 12.4 Å². The van der Waals surface area contributed by atoms with Crippen LogP contribution in [-0.2, 0) is 16.1 Å². The lowest BCUT2D eigenvalue weighted by molar-refractivity contribution is -0.140. The van der Waals surface area contributed by atoms with Crippen LogP contribution in [0.4, 0.5) is 4.79 Å². The highest BCUT2D eigenvalue weighted by atomic mass is 16.4. The summed E-state index contributed by atoms with van der Waals surface area (Å²) in [5.41, 5.74) is 4.88. The van der Waals surface area contributed by atoms with Crippen LogP contribution >= 0.6 is 0 Å². The summed E-state index contributed by atoms with van der Waals surface area (Å²) in [4.78, 5) is 32.8. The predicted octanol–water partition coefficient (Wildman–Crippen LogP) is -2.09. The summed E-state index contributed by atoms with van der Waals surface area (Å²) in [7, 11) is 0. The van der Waals surface area contributed by atoms with E-state index in [0.717, 1.165) is 0 Å². The van der Waals surface area contributed by atoms with Crippen molar-refractivity contribution in [1.82, 2.24) is 25.6 Å². The van der Waals surface area contributed by atoms with E-state index in [1.807, 2.05) is 0 Å². The lowest BCUT2D eigenvalue weighted by atomic mass is 10.2. The third-order valence-corrected chi connectivity index (χ3v) is 2.11. The molecule has 0 radical (unpaired) electrons. The van der Waals surface area contributed by atoms with E-state index in [1.54, 1.807) is 6.20 Å². The predicted molar refractivity (Wildman–Crippen MR) is 61.8 cm³/mol. The van der Waals surface area contributed by atoms with Crippen LogP contribution in [0, 0.1) is 0 Å². The molecule has 5 N–H and O–H groups in total. The molecule has 1 heterocycles. The molecule has 0 aromatic carbocycles. The number of primary amides is 1. The maximum absolute atomic E-state index is 11.4. The van der Waals surface area contributed by atoms with E-state index in [-0.39, 0.29) is 6.54 Å². The first-order valence-electron chi connectivity index (χ1n) is 5.38. The van der Waals surface area contributed by atoms with Crippen molar-refractivity contribution in [2.24, 2.45) is 5.73 Å². The number of carboxylic acid groups (broad SMARTS) is 1. The minimum Gasteiger partial charge on any atom is -0.480 e. The summed E-state index contributed by atoms with van der Waals surface area (Å²) >= 11 is 0. The number of rotatable bonds is 7. The van der Waals surface area contributed by atoms with Crippen molar-refractivity contribution >= 4 is 17.9 Å². The van der Waals surface area contributed by atoms with E-state index in [0.29, 0.717) is 6.54 Å². The molecule has 0 aliphatic carbocycles. The third kappa shape index (κ3) is 5.48. The number of nitrogens with two attached hydrogens (primary N) is 1. The van der Waals surface area contributed by atoms with E-state index in [2.05, 4.69) is 20.9 Å². The van der Waals surface area contributed by atoms with Gasteiger partial charge in [0.2, 0.25) is 5.91 Å². The molecule has 0 aliphatic heterocycles. The second-order valence-electron chi connectivity index (χ2n) is 3.63. The van der Waals surface area contributed by atoms with Gasteiger partial charge in [0.15, 0.2) is 0 Å². The van der Waals surface area contributed by atoms with Crippen molar-refractivity contribution in [2.75, 3.05) is 6.54 Å². The molecule has 10 heteroatoms. The molecule has 0 bridgehead atoms. The van der Waals surface area contributed by atoms with Crippen molar-refractivity contribution in [2.45, 2.75) is 19.0 Å². The first kappa shape index (κ1) is 14.4. The molecule has 0 unspecified atom stereocenters. The lowest BCUT2D eigenvalue weighted by Gasteiger charge is -2.13. The Labute approximate surface area is 107 Å². The number of amides is 3. The summed E-state index contributed by atoms with van der Waals surface area (Å²) < 4.78 is 1.50. The van der Waals surface area contributed by atoms with Gasteiger partial charge in [0, 0.05) is 12.7 Å². The molecule has 1 aromatic rings. The van der Waals surface area contributed by atoms with Gasteiger partial charge >= 0.3 is 12.0 Å². The Hall–Kier alpha value is -2.65. The van der Waals surface area contributed by atoms with Crippen LogP contribution in [0.1, 0.15) is 6.42 Å². The van der Waals surface area contributed by atoms with Gasteiger partial charge in [-0.15, -0.1) is 5.10 Å². The first-order valence-corrected chi connectivity index (χ1v) is 5.38. The number of carboxylic acids is 1. The summed E-state index contributed by atoms with van der Waals surface area (Å²) in [6, 6.07) is -2.04. The fourth-order valence-corrected chi connectivity index (χ4v) is 1.25. The Kier molecular flexibility index (Phi) is 5.26. The maximum Gasteiger partial charge on any atom is 0.326 e. The van der Waals surface area contributed by atoms with Gasteiger partial charge in [-0.3, -0.25) is 9.48 Å². The molecule has 104 valence electrons. The second kappa shape index (κ2) is 6.93. The number of nitrogens with zero attached hydrogens (tertiary/aromatic N) is 3. The fraction of sp³-hybridized carbons (Fsp3) is 0.444. The monoisotopic (exact) mass is 270 g/mol. The zero-order chi connectivity index (χ0) is 14.3. The third-order valence-electron chi connectivity index (χ3n) is 2.11. The Balaban J connectivity index is 2.32. The largest absolute Gasteiger partial charge is 0.480 e. The molecule has 0 aliphatic rings. The molecule has 1 atom stereocenters. The Morgan fingerprint density at radius 1 is 1.42 bits per heavy atom. The van der Waals surface area contributed by atoms with Gasteiger partial charge in [-0.2, -0.15) is 0 Å². The van der Waals surface area contributed by atoms with Crippen LogP contribution in [0.2, 0.25) is 0 Å². The SMILES string of the molecule is NC(=O)C[C@@H](NC(=O)NCCn1ccnn1)C(=O)O. The Morgan fingerprint density at radius 3 is 2.68 bits per heavy atom. The highest BCUT2D eigenvalue weighted by Crippen LogP contribution is 1.91. The van der Waals surface area contributed by atoms with Crippen LogP contribution in [0.3, 0.4) is 0 Å². The number of aromatic nitrogens is 3. The van der Waals surface area contributed by atoms with Crippen LogP contribution < -0.4 is 16.4 Å². The van der Waals surface area contributed by atoms with Crippen molar-refractivity contribution < 1.29 is 19.5 Å². The number of carbonyl (C=O) groups is 3. The summed E-state index contributed by atoms with van der Waals surface area (Å²) in [5.74, 6) is -2.14. The standard InChI is InChI=1S/C9H14N6O4/c10-7(16)5-6(8(17)18)13-9(19)11-1-3-15-4-2-12-14-15/h2,4,6H,1,3,5H2,(H2,10,16)(H,17,18)(H2,11,13,19)/t6-/m1/s1. The zero-order valence-corrected chi connectivity index (χ0v) is 9.94. The summed E-state index contributed by atoms with van der Waals surface area (Å²) in [6.45, 7) is 0.624. The van der Waals surface area contributed by atoms with E-state index < -0.39 is 30.4 Å². The highest BCUT2D eigenvalue weighted by Gasteiger charge is 2.21. The molecular weight excluding hydrogens is 256 g/mol. The number of carbonyl (C=O) groups excluding carboxylic acids is 2. The molecule has 0 saturated carbocycles. The minimum absolute atomic E-state index is 0.234. The van der Waals surface area contributed by atoms with Gasteiger partial charge in [-0.05, 0) is 0 Å². The Bertz CT molecular complexity index is 446. The van der Waals surface area contributed by atoms with E-state index in [4.69, 9.17) is 10.8 Å². The van der Waals surface area contributed by atoms with E-state index >= 15 is 0 Å². The number of urea groups is 1. The minimum atomic E-state index is -1.34. The van der Waals surface area contributed by atoms with E-state index in [9.17, 15) is 14.4 Å².